The van der Waals surface area contributed by atoms with Crippen LogP contribution in [-0.4, -0.2) is 48.3 Å². The zero-order chi connectivity index (χ0) is 27.5. The van der Waals surface area contributed by atoms with Crippen molar-refractivity contribution in [3.05, 3.63) is 0 Å². The van der Waals surface area contributed by atoms with Gasteiger partial charge in [-0.3, -0.25) is 5.09 Å². The third kappa shape index (κ3) is 28.3. The number of nitrogens with one attached hydrogen (secondary N) is 1. The van der Waals surface area contributed by atoms with E-state index in [1.807, 2.05) is 0 Å². The Morgan fingerprint density at radius 2 is 1.25 bits per heavy atom. The summed E-state index contributed by atoms with van der Waals surface area (Å²) in [7, 11) is 14.3. The first kappa shape index (κ1) is 53.6. The lowest BCUT2D eigenvalue weighted by Crippen LogP contribution is -2.29. The van der Waals surface area contributed by atoms with Gasteiger partial charge in [-0.05, 0) is 85.1 Å². The number of halogens is 1. The van der Waals surface area contributed by atoms with E-state index in [0.717, 1.165) is 77.4 Å². The molecule has 0 spiro atoms. The minimum Gasteiger partial charge on any atom is -0.450 e. The SMILES string of the molecule is C.C.C.C.CPP(P)P(N)PP.CPP(P)P(NC(=O)OC1CCC1)PP.O=C(Cl)OC1CCC1.OC1CCC1. The molecule has 3 rings (SSSR count). The van der Waals surface area contributed by atoms with Crippen molar-refractivity contribution in [2.24, 2.45) is 5.50 Å². The molecule has 40 heavy (non-hydrogen) atoms. The van der Waals surface area contributed by atoms with Crippen LogP contribution in [0.2, 0.25) is 0 Å². The van der Waals surface area contributed by atoms with Crippen LogP contribution in [0.1, 0.15) is 87.5 Å². The van der Waals surface area contributed by atoms with E-state index in [1.54, 1.807) is 0 Å². The summed E-state index contributed by atoms with van der Waals surface area (Å²) in [6.45, 7) is 4.46. The topological polar surface area (TPSA) is 111 Å². The molecule has 0 aromatic carbocycles. The quantitative estimate of drug-likeness (QED) is 0.158. The highest BCUT2D eigenvalue weighted by Gasteiger charge is 2.24. The fraction of sp³-hybridized carbons (Fsp3) is 0.900. The van der Waals surface area contributed by atoms with Gasteiger partial charge in [0.15, 0.2) is 0 Å². The van der Waals surface area contributed by atoms with Crippen LogP contribution in [0.3, 0.4) is 0 Å². The molecule has 246 valence electrons. The van der Waals surface area contributed by atoms with Gasteiger partial charge in [-0.25, -0.2) is 9.59 Å². The van der Waals surface area contributed by atoms with Gasteiger partial charge in [0.05, 0.1) is 13.6 Å². The monoisotopic (exact) mass is 814 g/mol. The van der Waals surface area contributed by atoms with E-state index in [0.29, 0.717) is 0 Å². The van der Waals surface area contributed by atoms with E-state index >= 15 is 0 Å². The Labute approximate surface area is 272 Å². The molecule has 0 bridgehead atoms. The van der Waals surface area contributed by atoms with Gasteiger partial charge >= 0.3 is 11.5 Å². The summed E-state index contributed by atoms with van der Waals surface area (Å²) in [5.74, 6) is 0. The van der Waals surface area contributed by atoms with Crippen molar-refractivity contribution in [2.75, 3.05) is 13.3 Å². The maximum atomic E-state index is 11.5. The summed E-state index contributed by atoms with van der Waals surface area (Å²) < 4.78 is 9.89. The third-order valence-electron chi connectivity index (χ3n) is 5.07. The van der Waals surface area contributed by atoms with Gasteiger partial charge < -0.3 is 20.1 Å². The van der Waals surface area contributed by atoms with Crippen molar-refractivity contribution in [2.45, 2.75) is 106 Å². The van der Waals surface area contributed by atoms with Crippen LogP contribution < -0.4 is 10.6 Å². The number of nitrogens with two attached hydrogens (primary N) is 1. The molecule has 3 fully saturated rings. The molecule has 12 unspecified atom stereocenters. The van der Waals surface area contributed by atoms with Crippen molar-refractivity contribution in [3.63, 3.8) is 0 Å². The Bertz CT molecular complexity index is 592. The number of rotatable bonds is 9. The second kappa shape index (κ2) is 34.4. The average molecular weight is 815 g/mol. The van der Waals surface area contributed by atoms with Gasteiger partial charge in [-0.15, -0.1) is 35.7 Å². The smallest absolute Gasteiger partial charge is 0.411 e. The summed E-state index contributed by atoms with van der Waals surface area (Å²) >= 11 is 4.92. The van der Waals surface area contributed by atoms with Crippen molar-refractivity contribution in [3.8, 4) is 0 Å². The van der Waals surface area contributed by atoms with Gasteiger partial charge in [0, 0.05) is 19.1 Å². The fourth-order valence-corrected chi connectivity index (χ4v) is 46.2. The number of aliphatic hydroxyl groups is 1. The Morgan fingerprint density at radius 3 is 1.45 bits per heavy atom. The number of ether oxygens (including phenoxy) is 2. The zero-order valence-corrected chi connectivity index (χ0v) is 33.7. The fourth-order valence-electron chi connectivity index (χ4n) is 2.18. The van der Waals surface area contributed by atoms with Crippen LogP contribution in [0, 0.1) is 0 Å². The first-order valence-corrected chi connectivity index (χ1v) is 33.8. The standard InChI is InChI=1S/C6H17NO2P6.C5H7ClO2.C4H8O.CH11NP6.4CH4/c1-12-15(11)14(13-10)7-6(8)9-5-3-2-4-5;6-5(7)8-4-2-1-3-4;5-4-2-1-3-4;1-5-8(4)7(2)6-3;;;;/h5,12-13H,2-4,10-11H2,1H3,(H,7,8);4H,1-3H2;4-5H,1-3H2;5-6H,2-4H2,1H3;4*1H4. The summed E-state index contributed by atoms with van der Waals surface area (Å²) in [5.41, 5.74) is 5.13. The normalized spacial score (nSPS) is 19.5. The van der Waals surface area contributed by atoms with Gasteiger partial charge in [0.25, 0.3) is 0 Å². The molecule has 12 atom stereocenters. The minimum atomic E-state index is -0.672. The highest BCUT2D eigenvalue weighted by atomic mass is 35.5. The number of aliphatic hydroxyl groups excluding tert-OH is 1. The lowest BCUT2D eigenvalue weighted by molar-refractivity contribution is 0.0567. The molecular weight excluding hydrogens is 755 g/mol. The molecule has 0 aromatic rings. The number of carbonyl (C=O) groups is 2. The number of hydrogen-bond donors (Lipinski definition) is 3. The molecule has 0 radical (unpaired) electrons. The second-order valence-corrected chi connectivity index (χ2v) is 45.2. The molecule has 0 heterocycles. The maximum Gasteiger partial charge on any atom is 0.411 e. The Balaban J connectivity index is -0.000000141. The second-order valence-electron chi connectivity index (χ2n) is 7.61. The van der Waals surface area contributed by atoms with Crippen LogP contribution in [0.15, 0.2) is 0 Å². The lowest BCUT2D eigenvalue weighted by Gasteiger charge is -2.27. The molecule has 4 N–H and O–H groups in total. The molecular formula is C20H59ClN2O5P12. The zero-order valence-electron chi connectivity index (χ0n) is 20.7. The Morgan fingerprint density at radius 1 is 0.850 bits per heavy atom. The number of carbonyl (C=O) groups excluding carboxylic acids is 2. The van der Waals surface area contributed by atoms with E-state index in [1.165, 1.54) is 12.8 Å². The van der Waals surface area contributed by atoms with Gasteiger partial charge in [-0.1, -0.05) is 62.2 Å². The average Bonchev–Trinajstić information content (AvgIpc) is 2.80. The maximum absolute atomic E-state index is 11.5. The van der Waals surface area contributed by atoms with E-state index in [-0.39, 0.29) is 83.0 Å². The van der Waals surface area contributed by atoms with E-state index in [4.69, 9.17) is 26.9 Å². The summed E-state index contributed by atoms with van der Waals surface area (Å²) in [6.07, 6.45) is 9.91. The molecule has 3 aliphatic carbocycles. The van der Waals surface area contributed by atoms with Crippen molar-refractivity contribution in [1.82, 2.24) is 5.09 Å². The summed E-state index contributed by atoms with van der Waals surface area (Å²) in [5, 5.41) is 11.5. The highest BCUT2D eigenvalue weighted by molar-refractivity contribution is 8.89. The first-order chi connectivity index (χ1) is 17.1. The van der Waals surface area contributed by atoms with Gasteiger partial charge in [-0.2, -0.15) is 0 Å². The van der Waals surface area contributed by atoms with E-state index < -0.39 is 5.43 Å². The summed E-state index contributed by atoms with van der Waals surface area (Å²) in [4.78, 5) is 21.5. The van der Waals surface area contributed by atoms with Crippen LogP contribution in [0.4, 0.5) is 9.59 Å². The van der Waals surface area contributed by atoms with E-state index in [9.17, 15) is 9.59 Å². The van der Waals surface area contributed by atoms with Gasteiger partial charge in [0.2, 0.25) is 0 Å². The van der Waals surface area contributed by atoms with E-state index in [2.05, 4.69) is 58.9 Å². The molecule has 3 aliphatic rings. The Kier molecular flexibility index (Phi) is 46.2. The highest BCUT2D eigenvalue weighted by Crippen LogP contribution is 2.89. The summed E-state index contributed by atoms with van der Waals surface area (Å²) in [6, 6.07) is 0. The number of hydrogen-bond acceptors (Lipinski definition) is 6. The van der Waals surface area contributed by atoms with Crippen LogP contribution in [0.25, 0.3) is 0 Å². The van der Waals surface area contributed by atoms with Crippen molar-refractivity contribution < 1.29 is 24.2 Å². The molecule has 3 saturated carbocycles. The molecule has 0 aliphatic heterocycles. The van der Waals surface area contributed by atoms with Crippen LogP contribution >= 0.6 is 109 Å². The van der Waals surface area contributed by atoms with Crippen molar-refractivity contribution in [1.29, 1.82) is 0 Å². The third-order valence-corrected chi connectivity index (χ3v) is 54.2. The molecule has 7 nitrogen and oxygen atoms in total. The van der Waals surface area contributed by atoms with Crippen LogP contribution in [0.5, 0.6) is 0 Å². The van der Waals surface area contributed by atoms with Crippen LogP contribution in [-0.2, 0) is 9.47 Å². The molecule has 0 aromatic heterocycles. The van der Waals surface area contributed by atoms with Gasteiger partial charge in [0.1, 0.15) is 12.2 Å². The molecule has 1 amide bonds. The predicted molar refractivity (Wildman–Crippen MR) is 220 cm³/mol. The lowest BCUT2D eigenvalue weighted by atomic mass is 9.96. The minimum absolute atomic E-state index is 0. The predicted octanol–water partition coefficient (Wildman–Crippen LogP) is 12.6. The molecule has 20 heteroatoms. The largest absolute Gasteiger partial charge is 0.450 e. The Hall–Kier alpha value is 4.11. The number of amides is 1. The first-order valence-electron chi connectivity index (χ1n) is 11.3. The molecule has 0 saturated heterocycles. The van der Waals surface area contributed by atoms with Crippen molar-refractivity contribution >= 4 is 120 Å².